The molecule has 0 bridgehead atoms. The van der Waals surface area contributed by atoms with Crippen molar-refractivity contribution in [3.63, 3.8) is 0 Å². The molecule has 13 heavy (non-hydrogen) atoms. The largest absolute Gasteiger partial charge is 0.175 e. The maximum atomic E-state index is 4.13. The van der Waals surface area contributed by atoms with Crippen molar-refractivity contribution in [1.29, 1.82) is 0 Å². The van der Waals surface area contributed by atoms with Crippen LogP contribution in [-0.2, 0) is 0 Å². The molecule has 0 aliphatic carbocycles. The molecule has 0 saturated heterocycles. The summed E-state index contributed by atoms with van der Waals surface area (Å²) in [5.41, 5.74) is 1.25. The van der Waals surface area contributed by atoms with Gasteiger partial charge in [0.15, 0.2) is 0 Å². The molecule has 2 heteroatoms. The molecule has 2 rings (SSSR count). The molecule has 2 aromatic rings. The second kappa shape index (κ2) is 3.99. The van der Waals surface area contributed by atoms with Crippen molar-refractivity contribution >= 4 is 40.1 Å². The molecule has 0 saturated carbocycles. The molecule has 1 heterocycles. The molecule has 0 fully saturated rings. The second-order valence-corrected chi connectivity index (χ2v) is 4.12. The molecule has 0 amide bonds. The average molecular weight is 206 g/mol. The van der Waals surface area contributed by atoms with Crippen molar-refractivity contribution in [3.05, 3.63) is 41.3 Å². The van der Waals surface area contributed by atoms with E-state index >= 15 is 0 Å². The lowest BCUT2D eigenvalue weighted by atomic mass is 10.2. The Morgan fingerprint density at radius 2 is 2.23 bits per heavy atom. The maximum Gasteiger partial charge on any atom is 0.0348 e. The Kier molecular flexibility index (Phi) is 2.71. The van der Waals surface area contributed by atoms with Gasteiger partial charge < -0.3 is 0 Å². The van der Waals surface area contributed by atoms with Gasteiger partial charge in [-0.1, -0.05) is 24.3 Å². The maximum absolute atomic E-state index is 4.13. The number of hydrogen-bond acceptors (Lipinski definition) is 2. The lowest BCUT2D eigenvalue weighted by Gasteiger charge is -1.93. The van der Waals surface area contributed by atoms with E-state index in [4.69, 9.17) is 0 Å². The molecule has 0 aliphatic heterocycles. The highest BCUT2D eigenvalue weighted by Gasteiger charge is 1.93. The van der Waals surface area contributed by atoms with Gasteiger partial charge in [-0.15, -0.1) is 11.3 Å². The van der Waals surface area contributed by atoms with Gasteiger partial charge in [0.2, 0.25) is 0 Å². The number of thiol groups is 1. The minimum atomic E-state index is 0.794. The van der Waals surface area contributed by atoms with E-state index in [-0.39, 0.29) is 0 Å². The van der Waals surface area contributed by atoms with E-state index < -0.39 is 0 Å². The Morgan fingerprint density at radius 3 is 3.08 bits per heavy atom. The minimum absolute atomic E-state index is 0.794. The first-order valence-corrected chi connectivity index (χ1v) is 5.66. The van der Waals surface area contributed by atoms with Crippen LogP contribution in [-0.4, -0.2) is 5.75 Å². The molecule has 0 nitrogen and oxygen atoms in total. The highest BCUT2D eigenvalue weighted by molar-refractivity contribution is 7.80. The fraction of sp³-hybridized carbons (Fsp3) is 0.0909. The van der Waals surface area contributed by atoms with E-state index in [1.807, 2.05) is 0 Å². The first-order valence-electron chi connectivity index (χ1n) is 4.15. The van der Waals surface area contributed by atoms with E-state index in [0.717, 1.165) is 5.75 Å². The third kappa shape index (κ3) is 1.95. The third-order valence-electron chi connectivity index (χ3n) is 1.90. The topological polar surface area (TPSA) is 0 Å². The van der Waals surface area contributed by atoms with Gasteiger partial charge in [-0.2, -0.15) is 12.6 Å². The Bertz CT molecular complexity index is 426. The van der Waals surface area contributed by atoms with Crippen molar-refractivity contribution in [2.75, 3.05) is 5.75 Å². The molecule has 66 valence electrons. The molecule has 0 spiro atoms. The molecule has 0 radical (unpaired) electrons. The summed E-state index contributed by atoms with van der Waals surface area (Å²) in [6.07, 6.45) is 4.16. The van der Waals surface area contributed by atoms with Crippen molar-refractivity contribution in [1.82, 2.24) is 0 Å². The summed E-state index contributed by atoms with van der Waals surface area (Å²) in [6.45, 7) is 0. The summed E-state index contributed by atoms with van der Waals surface area (Å²) in [6, 6.07) is 8.64. The summed E-state index contributed by atoms with van der Waals surface area (Å²) in [5.74, 6) is 0.794. The van der Waals surface area contributed by atoms with Crippen LogP contribution in [0.2, 0.25) is 0 Å². The number of fused-ring (bicyclic) bond motifs is 1. The summed E-state index contributed by atoms with van der Waals surface area (Å²) in [5, 5.41) is 3.45. The van der Waals surface area contributed by atoms with Gasteiger partial charge >= 0.3 is 0 Å². The van der Waals surface area contributed by atoms with Gasteiger partial charge in [-0.3, -0.25) is 0 Å². The monoisotopic (exact) mass is 206 g/mol. The SMILES string of the molecule is SCC=Cc1ccc2ccsc2c1. The zero-order valence-electron chi connectivity index (χ0n) is 7.10. The second-order valence-electron chi connectivity index (χ2n) is 2.80. The van der Waals surface area contributed by atoms with Crippen LogP contribution in [0.3, 0.4) is 0 Å². The molecule has 0 N–H and O–H groups in total. The highest BCUT2D eigenvalue weighted by atomic mass is 32.1. The van der Waals surface area contributed by atoms with Gasteiger partial charge in [0.1, 0.15) is 0 Å². The van der Waals surface area contributed by atoms with Crippen LogP contribution in [0.5, 0.6) is 0 Å². The number of benzene rings is 1. The third-order valence-corrected chi connectivity index (χ3v) is 2.99. The summed E-state index contributed by atoms with van der Waals surface area (Å²) < 4.78 is 1.35. The highest BCUT2D eigenvalue weighted by Crippen LogP contribution is 2.22. The molecule has 1 aromatic heterocycles. The zero-order chi connectivity index (χ0) is 9.10. The Hall–Kier alpha value is -0.730. The van der Waals surface area contributed by atoms with E-state index in [9.17, 15) is 0 Å². The van der Waals surface area contributed by atoms with Crippen molar-refractivity contribution < 1.29 is 0 Å². The van der Waals surface area contributed by atoms with Crippen LogP contribution < -0.4 is 0 Å². The van der Waals surface area contributed by atoms with Crippen LogP contribution in [0.4, 0.5) is 0 Å². The average Bonchev–Trinajstić information content (AvgIpc) is 2.61. The van der Waals surface area contributed by atoms with Crippen LogP contribution in [0.15, 0.2) is 35.7 Å². The lowest BCUT2D eigenvalue weighted by molar-refractivity contribution is 1.73. The van der Waals surface area contributed by atoms with Crippen LogP contribution in [0.25, 0.3) is 16.2 Å². The van der Waals surface area contributed by atoms with Gasteiger partial charge in [0.25, 0.3) is 0 Å². The number of thiophene rings is 1. The minimum Gasteiger partial charge on any atom is -0.175 e. The van der Waals surface area contributed by atoms with Gasteiger partial charge in [-0.25, -0.2) is 0 Å². The van der Waals surface area contributed by atoms with E-state index in [1.54, 1.807) is 11.3 Å². The van der Waals surface area contributed by atoms with Gasteiger partial charge in [0, 0.05) is 10.5 Å². The van der Waals surface area contributed by atoms with Crippen LogP contribution >= 0.6 is 24.0 Å². The lowest BCUT2D eigenvalue weighted by Crippen LogP contribution is -1.70. The predicted octanol–water partition coefficient (Wildman–Crippen LogP) is 3.84. The fourth-order valence-corrected chi connectivity index (χ4v) is 2.21. The van der Waals surface area contributed by atoms with Crippen LogP contribution in [0.1, 0.15) is 5.56 Å². The smallest absolute Gasteiger partial charge is 0.0348 e. The van der Waals surface area contributed by atoms with E-state index in [0.29, 0.717) is 0 Å². The summed E-state index contributed by atoms with van der Waals surface area (Å²) >= 11 is 5.91. The summed E-state index contributed by atoms with van der Waals surface area (Å²) in [7, 11) is 0. The number of hydrogen-bond donors (Lipinski definition) is 1. The first kappa shape index (κ1) is 8.85. The van der Waals surface area contributed by atoms with Gasteiger partial charge in [-0.05, 0) is 28.5 Å². The molecular formula is C11H10S2. The van der Waals surface area contributed by atoms with Crippen molar-refractivity contribution in [2.45, 2.75) is 0 Å². The standard InChI is InChI=1S/C11H10S2/c12-6-1-2-9-3-4-10-5-7-13-11(10)8-9/h1-5,7-8,12H,6H2. The first-order chi connectivity index (χ1) is 6.40. The molecule has 0 atom stereocenters. The van der Waals surface area contributed by atoms with E-state index in [1.165, 1.54) is 15.6 Å². The molecule has 0 unspecified atom stereocenters. The molecular weight excluding hydrogens is 196 g/mol. The number of rotatable bonds is 2. The van der Waals surface area contributed by atoms with Crippen molar-refractivity contribution in [2.24, 2.45) is 0 Å². The zero-order valence-corrected chi connectivity index (χ0v) is 8.81. The quantitative estimate of drug-likeness (QED) is 0.709. The van der Waals surface area contributed by atoms with Crippen LogP contribution in [0, 0.1) is 0 Å². The Morgan fingerprint density at radius 1 is 1.31 bits per heavy atom. The van der Waals surface area contributed by atoms with Crippen molar-refractivity contribution in [3.8, 4) is 0 Å². The predicted molar refractivity (Wildman–Crippen MR) is 64.7 cm³/mol. The fourth-order valence-electron chi connectivity index (χ4n) is 1.26. The van der Waals surface area contributed by atoms with E-state index in [2.05, 4.69) is 54.4 Å². The Balaban J connectivity index is 2.42. The molecule has 0 aliphatic rings. The normalized spacial score (nSPS) is 11.5. The van der Waals surface area contributed by atoms with Gasteiger partial charge in [0.05, 0.1) is 0 Å². The Labute approximate surface area is 87.3 Å². The summed E-state index contributed by atoms with van der Waals surface area (Å²) in [4.78, 5) is 0. The molecule has 1 aromatic carbocycles.